The molecule has 0 saturated carbocycles. The fraction of sp³-hybridized carbons (Fsp3) is 0. The Labute approximate surface area is 72.6 Å². The Kier molecular flexibility index (Phi) is 83.3. The molecule has 6 heteroatoms. The molecule has 0 aromatic carbocycles. The summed E-state index contributed by atoms with van der Waals surface area (Å²) in [5.41, 5.74) is 0. The van der Waals surface area contributed by atoms with Gasteiger partial charge in [-0.25, -0.2) is 0 Å². The van der Waals surface area contributed by atoms with E-state index in [1.54, 1.807) is 0 Å². The summed E-state index contributed by atoms with van der Waals surface area (Å²) >= 11 is 15.6. The third-order valence-electron chi connectivity index (χ3n) is 0. The molecule has 0 atom stereocenters. The van der Waals surface area contributed by atoms with Gasteiger partial charge < -0.3 is 0 Å². The first kappa shape index (κ1) is 15.7. The first-order valence-corrected chi connectivity index (χ1v) is 4.50. The summed E-state index contributed by atoms with van der Waals surface area (Å²) in [6.07, 6.45) is 0. The molecule has 0 N–H and O–H groups in total. The van der Waals surface area contributed by atoms with Crippen LogP contribution in [0.1, 0.15) is 5.71 Å². The van der Waals surface area contributed by atoms with Crippen molar-refractivity contribution in [2.75, 3.05) is 0 Å². The maximum atomic E-state index is 4.12. The molecule has 0 amide bonds. The molecule has 0 heterocycles. The van der Waals surface area contributed by atoms with E-state index >= 15 is 0 Å². The molecule has 0 unspecified atom stereocenters. The molecule has 0 spiro atoms. The van der Waals surface area contributed by atoms with Crippen molar-refractivity contribution in [3.8, 4) is 0 Å². The van der Waals surface area contributed by atoms with Crippen LogP contribution in [0.4, 0.5) is 0 Å². The van der Waals surface area contributed by atoms with Crippen LogP contribution in [0.15, 0.2) is 0 Å². The van der Waals surface area contributed by atoms with Gasteiger partial charge in [0.1, 0.15) is 0 Å². The second-order valence-corrected chi connectivity index (χ2v) is 1.84. The van der Waals surface area contributed by atoms with Crippen LogP contribution in [0.5, 0.6) is 0 Å². The highest BCUT2D eigenvalue weighted by Crippen LogP contribution is 0.998. The largest absolute Gasteiger partial charge is 0.197 e. The van der Waals surface area contributed by atoms with Gasteiger partial charge in [0.25, 0.3) is 0 Å². The van der Waals surface area contributed by atoms with Gasteiger partial charge in [0.15, 0.2) is 0 Å². The molecule has 6 heavy (non-hydrogen) atoms. The van der Waals surface area contributed by atoms with E-state index in [1.165, 1.54) is 0 Å². The molecule has 0 aromatic heterocycles. The lowest BCUT2D eigenvalue weighted by atomic mass is 31.1. The number of hydrogen-bond acceptors (Lipinski definition) is 4. The number of hydrogen-bond donors (Lipinski definition) is 0. The lowest BCUT2D eigenvalue weighted by molar-refractivity contribution is 6.37. The Morgan fingerprint density at radius 1 is 1.17 bits per heavy atom. The second-order valence-electron chi connectivity index (χ2n) is 0.0680. The van der Waals surface area contributed by atoms with Gasteiger partial charge in [0, 0.05) is 59.3 Å². The van der Waals surface area contributed by atoms with Gasteiger partial charge in [-0.15, -0.1) is 0 Å². The fourth-order valence-corrected chi connectivity index (χ4v) is 0. The Morgan fingerprint density at radius 3 is 1.17 bits per heavy atom. The van der Waals surface area contributed by atoms with Crippen molar-refractivity contribution in [2.24, 2.45) is 0 Å². The molecular weight excluding hydrogens is 192 g/mol. The van der Waals surface area contributed by atoms with Gasteiger partial charge in [0.05, 0.1) is 0 Å². The van der Waals surface area contributed by atoms with Crippen molar-refractivity contribution in [1.82, 2.24) is 0 Å². The minimum atomic E-state index is 0. The van der Waals surface area contributed by atoms with E-state index in [-0.39, 0.29) is 19.2 Å². The first-order valence-electron chi connectivity index (χ1n) is 0.500. The van der Waals surface area contributed by atoms with Crippen molar-refractivity contribution in [1.29, 1.82) is 0 Å². The molecule has 0 bridgehead atoms. The normalized spacial score (nSPS) is 2.67. The summed E-state index contributed by atoms with van der Waals surface area (Å²) < 4.78 is 0. The maximum absolute atomic E-state index is 4.12. The minimum Gasteiger partial charge on any atom is -0.197 e. The van der Waals surface area contributed by atoms with Crippen LogP contribution < -0.4 is 0 Å². The van der Waals surface area contributed by atoms with Crippen molar-refractivity contribution in [3.05, 3.63) is 0 Å². The van der Waals surface area contributed by atoms with E-state index in [1.807, 2.05) is 0 Å². The number of rotatable bonds is 0. The predicted octanol–water partition coefficient (Wildman–Crippen LogP) is 1.08. The molecule has 0 nitrogen and oxygen atoms in total. The quantitative estimate of drug-likeness (QED) is 0.576. The van der Waals surface area contributed by atoms with E-state index in [0.717, 1.165) is 8.88 Å². The fourth-order valence-electron chi connectivity index (χ4n) is 0. The Hall–Kier alpha value is 1.45. The van der Waals surface area contributed by atoms with Gasteiger partial charge in [-0.05, 0) is 0 Å². The summed E-state index contributed by atoms with van der Waals surface area (Å²) in [6.45, 7) is 0. The van der Waals surface area contributed by atoms with Crippen LogP contribution in [0.25, 0.3) is 0 Å². The van der Waals surface area contributed by atoms with Gasteiger partial charge in [-0.1, -0.05) is 0 Å². The summed E-state index contributed by atoms with van der Waals surface area (Å²) in [5, 5.41) is 0. The zero-order chi connectivity index (χ0) is 4.71. The summed E-state index contributed by atoms with van der Waals surface area (Å²) in [4.78, 5) is 0. The SMILES string of the molecule is S.S=S.S=S=S.[HH].[HH].[HH].[HH]. The van der Waals surface area contributed by atoms with E-state index in [9.17, 15) is 0 Å². The molecule has 46 valence electrons. The van der Waals surface area contributed by atoms with Gasteiger partial charge in [0.2, 0.25) is 0 Å². The van der Waals surface area contributed by atoms with Gasteiger partial charge in [-0.3, -0.25) is 0 Å². The van der Waals surface area contributed by atoms with Crippen LogP contribution in [0, 0.1) is 0 Å². The van der Waals surface area contributed by atoms with Crippen molar-refractivity contribution < 1.29 is 5.71 Å². The molecule has 0 aliphatic rings. The topological polar surface area (TPSA) is 0 Å². The highest BCUT2D eigenvalue weighted by Gasteiger charge is 1.00. The predicted molar refractivity (Wildman–Crippen MR) is 55.7 cm³/mol. The monoisotopic (exact) mass is 202 g/mol. The van der Waals surface area contributed by atoms with Crippen molar-refractivity contribution in [2.45, 2.75) is 0 Å². The van der Waals surface area contributed by atoms with Crippen molar-refractivity contribution >= 4 is 67.1 Å². The van der Waals surface area contributed by atoms with Crippen LogP contribution in [0.3, 0.4) is 0 Å². The second kappa shape index (κ2) is 31.9. The smallest absolute Gasteiger partial charge is 0 e. The molecule has 0 saturated heterocycles. The maximum Gasteiger partial charge on any atom is 0 e. The summed E-state index contributed by atoms with van der Waals surface area (Å²) in [6, 6.07) is 0. The molecule has 0 aliphatic heterocycles. The molecule has 0 rings (SSSR count). The third-order valence-corrected chi connectivity index (χ3v) is 0. The van der Waals surface area contributed by atoms with E-state index in [2.05, 4.69) is 44.8 Å². The Bertz CT molecular complexity index is 39.0. The molecule has 0 fully saturated rings. The summed E-state index contributed by atoms with van der Waals surface area (Å²) in [5.74, 6) is 0. The molecular formula is H10S6. The van der Waals surface area contributed by atoms with Crippen LogP contribution >= 0.6 is 13.5 Å². The van der Waals surface area contributed by atoms with E-state index < -0.39 is 0 Å². The van der Waals surface area contributed by atoms with Crippen LogP contribution in [-0.4, -0.2) is 0 Å². The Balaban J connectivity index is -0.00000000246. The van der Waals surface area contributed by atoms with E-state index in [4.69, 9.17) is 0 Å². The standard InChI is InChI=1S/S3.S2.H2S.4H2/c1-3-2;1-2;;;;;/h;;1H2;4*1H. The van der Waals surface area contributed by atoms with Gasteiger partial charge in [-0.2, -0.15) is 13.5 Å². The van der Waals surface area contributed by atoms with Crippen molar-refractivity contribution in [3.63, 3.8) is 0 Å². The van der Waals surface area contributed by atoms with E-state index in [0.29, 0.717) is 0 Å². The third kappa shape index (κ3) is 51.3. The van der Waals surface area contributed by atoms with Crippen LogP contribution in [0.2, 0.25) is 0 Å². The Morgan fingerprint density at radius 2 is 1.17 bits per heavy atom. The molecule has 0 aliphatic carbocycles. The zero-order valence-corrected chi connectivity index (χ0v) is 7.62. The molecule has 0 aromatic rings. The van der Waals surface area contributed by atoms with Crippen LogP contribution in [-0.2, 0) is 53.6 Å². The average Bonchev–Trinajstić information content (AvgIpc) is 1.46. The highest BCUT2D eigenvalue weighted by atomic mass is 33.1. The lowest BCUT2D eigenvalue weighted by Gasteiger charge is -1.000. The highest BCUT2D eigenvalue weighted by molar-refractivity contribution is 8.37. The lowest BCUT2D eigenvalue weighted by Crippen LogP contribution is -1.00. The average molecular weight is 202 g/mol. The summed E-state index contributed by atoms with van der Waals surface area (Å²) in [7, 11) is 0.917. The first-order chi connectivity index (χ1) is 2.41. The molecule has 0 radical (unpaired) electrons. The zero-order valence-electron chi connectivity index (χ0n) is 2.54. The minimum absolute atomic E-state index is 0. The van der Waals surface area contributed by atoms with Gasteiger partial charge >= 0.3 is 0 Å².